The van der Waals surface area contributed by atoms with E-state index in [-0.39, 0.29) is 41.7 Å². The van der Waals surface area contributed by atoms with Crippen molar-refractivity contribution in [1.82, 2.24) is 4.90 Å². The van der Waals surface area contributed by atoms with E-state index >= 15 is 0 Å². The molecule has 8 nitrogen and oxygen atoms in total. The van der Waals surface area contributed by atoms with Gasteiger partial charge < -0.3 is 29.2 Å². The van der Waals surface area contributed by atoms with Crippen LogP contribution < -0.4 is 10.2 Å². The summed E-state index contributed by atoms with van der Waals surface area (Å²) in [6.45, 7) is 12.8. The summed E-state index contributed by atoms with van der Waals surface area (Å²) in [5, 5.41) is 22.1. The van der Waals surface area contributed by atoms with Crippen molar-refractivity contribution in [3.05, 3.63) is 36.4 Å². The molecule has 5 rings (SSSR count). The van der Waals surface area contributed by atoms with E-state index in [1.165, 1.54) is 0 Å². The molecule has 9 heteroatoms. The van der Waals surface area contributed by atoms with E-state index in [0.29, 0.717) is 30.6 Å². The highest BCUT2D eigenvalue weighted by Gasteiger charge is 2.68. The van der Waals surface area contributed by atoms with Crippen molar-refractivity contribution >= 4 is 24.3 Å². The molecule has 1 aromatic rings. The number of hydrogen-bond acceptors (Lipinski definition) is 8. The number of fused-ring (bicyclic) bond motifs is 1. The van der Waals surface area contributed by atoms with E-state index in [2.05, 4.69) is 27.4 Å². The highest BCUT2D eigenvalue weighted by atomic mass is 16.6. The molecule has 3 saturated carbocycles. The molecule has 0 radical (unpaired) electrons. The monoisotopic (exact) mass is 567 g/mol. The van der Waals surface area contributed by atoms with Crippen LogP contribution in [0.5, 0.6) is 5.75 Å². The summed E-state index contributed by atoms with van der Waals surface area (Å²) in [4.78, 5) is 28.9. The molecule has 9 atom stereocenters. The zero-order chi connectivity index (χ0) is 29.9. The van der Waals surface area contributed by atoms with Crippen LogP contribution in [0, 0.1) is 34.0 Å². The van der Waals surface area contributed by atoms with Crippen LogP contribution in [0.25, 0.3) is 0 Å². The van der Waals surface area contributed by atoms with Gasteiger partial charge in [0.15, 0.2) is 6.61 Å². The first kappa shape index (κ1) is 30.3. The first-order valence-electron chi connectivity index (χ1n) is 15.1. The Balaban J connectivity index is 1.38. The van der Waals surface area contributed by atoms with Gasteiger partial charge in [0.1, 0.15) is 17.6 Å². The Hall–Kier alpha value is -2.20. The second kappa shape index (κ2) is 10.8. The molecule has 224 valence electrons. The SMILES string of the molecule is C=C[C@]1(C)C[C@@H](OC(=O)COc2ccc3c(c2)B(O)OC3CN(C)C)[C@@]2(C)[C@@H]3C(=O)CC[C@@]3(CC[C@@H]2C)[C@@H](C)[C@@H]1O. The molecule has 1 unspecified atom stereocenters. The number of Topliss-reactive ketones (excluding diaryl/α,β-unsaturated/α-hetero) is 1. The molecule has 1 aliphatic heterocycles. The summed E-state index contributed by atoms with van der Waals surface area (Å²) in [5.41, 5.74) is -0.0482. The Morgan fingerprint density at radius 3 is 2.68 bits per heavy atom. The van der Waals surface area contributed by atoms with Gasteiger partial charge in [0, 0.05) is 29.7 Å². The molecular formula is C32H46BNO7. The summed E-state index contributed by atoms with van der Waals surface area (Å²) < 4.78 is 17.8. The zero-order valence-electron chi connectivity index (χ0n) is 25.4. The standard InChI is InChI=1S/C32H46BNO7/c1-8-30(4)16-26(31(5)19(2)11-13-32(20(3)29(30)37)14-12-24(35)28(31)32)40-27(36)18-39-21-9-10-22-23(15-21)33(38)41-25(22)17-34(6)7/h8-10,15,19-20,25-26,28-29,37-38H,1,11-14,16-18H2,2-7H3/t19-,20-,25?,26+,28-,29-,30+,31-,32-/m0/s1. The first-order chi connectivity index (χ1) is 19.3. The van der Waals surface area contributed by atoms with E-state index in [4.69, 9.17) is 14.1 Å². The number of likely N-dealkylation sites (N-methyl/N-ethyl adjacent to an activating group) is 1. The molecule has 0 spiro atoms. The van der Waals surface area contributed by atoms with Gasteiger partial charge in [0.2, 0.25) is 0 Å². The van der Waals surface area contributed by atoms with Gasteiger partial charge in [0.05, 0.1) is 12.2 Å². The van der Waals surface area contributed by atoms with E-state index in [0.717, 1.165) is 24.8 Å². The lowest BCUT2D eigenvalue weighted by Gasteiger charge is -2.61. The highest BCUT2D eigenvalue weighted by Crippen LogP contribution is 2.68. The molecule has 0 saturated heterocycles. The third-order valence-electron chi connectivity index (χ3n) is 11.4. The predicted octanol–water partition coefficient (Wildman–Crippen LogP) is 3.29. The number of benzene rings is 1. The average Bonchev–Trinajstić information content (AvgIpc) is 3.44. The van der Waals surface area contributed by atoms with Crippen LogP contribution in [0.1, 0.15) is 71.5 Å². The van der Waals surface area contributed by atoms with Crippen LogP contribution in [0.2, 0.25) is 0 Å². The van der Waals surface area contributed by atoms with Gasteiger partial charge in [0.25, 0.3) is 0 Å². The molecule has 1 aromatic carbocycles. The quantitative estimate of drug-likeness (QED) is 0.294. The largest absolute Gasteiger partial charge is 0.492 e. The van der Waals surface area contributed by atoms with E-state index in [9.17, 15) is 19.7 Å². The van der Waals surface area contributed by atoms with Crippen LogP contribution in [0.3, 0.4) is 0 Å². The van der Waals surface area contributed by atoms with E-state index in [1.54, 1.807) is 18.2 Å². The zero-order valence-corrected chi connectivity index (χ0v) is 25.4. The van der Waals surface area contributed by atoms with Gasteiger partial charge in [-0.2, -0.15) is 0 Å². The number of ketones is 1. The Bertz CT molecular complexity index is 1210. The lowest BCUT2D eigenvalue weighted by molar-refractivity contribution is -0.207. The number of ether oxygens (including phenoxy) is 2. The number of nitrogens with zero attached hydrogens (tertiary/aromatic N) is 1. The summed E-state index contributed by atoms with van der Waals surface area (Å²) in [7, 11) is 2.84. The van der Waals surface area contributed by atoms with Gasteiger partial charge in [-0.3, -0.25) is 4.79 Å². The Morgan fingerprint density at radius 2 is 2.00 bits per heavy atom. The average molecular weight is 568 g/mol. The number of hydrogen-bond donors (Lipinski definition) is 2. The van der Waals surface area contributed by atoms with Gasteiger partial charge in [-0.15, -0.1) is 6.58 Å². The van der Waals surface area contributed by atoms with Crippen LogP contribution in [0.4, 0.5) is 0 Å². The van der Waals surface area contributed by atoms with E-state index < -0.39 is 36.1 Å². The smallest absolute Gasteiger partial charge is 0.482 e. The van der Waals surface area contributed by atoms with Crippen molar-refractivity contribution in [1.29, 1.82) is 0 Å². The minimum Gasteiger partial charge on any atom is -0.482 e. The minimum absolute atomic E-state index is 0.0785. The normalized spacial score (nSPS) is 40.0. The fourth-order valence-corrected chi connectivity index (χ4v) is 8.76. The lowest BCUT2D eigenvalue weighted by Crippen LogP contribution is -2.63. The Labute approximate surface area is 244 Å². The Kier molecular flexibility index (Phi) is 7.99. The number of carbonyl (C=O) groups is 2. The number of esters is 1. The fourth-order valence-electron chi connectivity index (χ4n) is 8.76. The molecule has 3 aliphatic carbocycles. The van der Waals surface area contributed by atoms with Gasteiger partial charge >= 0.3 is 13.1 Å². The van der Waals surface area contributed by atoms with Crippen molar-refractivity contribution in [3.63, 3.8) is 0 Å². The summed E-state index contributed by atoms with van der Waals surface area (Å²) in [5.74, 6) is -0.0541. The maximum Gasteiger partial charge on any atom is 0.492 e. The second-order valence-corrected chi connectivity index (χ2v) is 13.9. The molecule has 2 bridgehead atoms. The lowest BCUT2D eigenvalue weighted by atomic mass is 9.44. The minimum atomic E-state index is -1.05. The Morgan fingerprint density at radius 1 is 1.27 bits per heavy atom. The number of aliphatic hydroxyl groups excluding tert-OH is 1. The molecule has 3 fully saturated rings. The maximum atomic E-state index is 13.6. The van der Waals surface area contributed by atoms with Crippen molar-refractivity contribution in [2.45, 2.75) is 78.1 Å². The summed E-state index contributed by atoms with van der Waals surface area (Å²) in [6.07, 6.45) is 3.70. The second-order valence-electron chi connectivity index (χ2n) is 13.9. The van der Waals surface area contributed by atoms with Crippen LogP contribution in [-0.2, 0) is 19.0 Å². The molecule has 1 heterocycles. The van der Waals surface area contributed by atoms with Crippen molar-refractivity contribution in [3.8, 4) is 5.75 Å². The molecule has 0 amide bonds. The summed E-state index contributed by atoms with van der Waals surface area (Å²) >= 11 is 0. The maximum absolute atomic E-state index is 13.6. The van der Waals surface area contributed by atoms with Gasteiger partial charge in [-0.25, -0.2) is 4.79 Å². The van der Waals surface area contributed by atoms with Crippen LogP contribution in [0.15, 0.2) is 30.9 Å². The molecular weight excluding hydrogens is 521 g/mol. The topological polar surface area (TPSA) is 106 Å². The highest BCUT2D eigenvalue weighted by molar-refractivity contribution is 6.61. The number of rotatable bonds is 7. The third-order valence-corrected chi connectivity index (χ3v) is 11.4. The number of carbonyl (C=O) groups excluding carboxylic acids is 2. The van der Waals surface area contributed by atoms with Gasteiger partial charge in [-0.1, -0.05) is 39.8 Å². The van der Waals surface area contributed by atoms with Gasteiger partial charge in [-0.05, 0) is 80.2 Å². The number of aliphatic hydroxyl groups is 1. The van der Waals surface area contributed by atoms with Crippen molar-refractivity contribution in [2.75, 3.05) is 27.2 Å². The predicted molar refractivity (Wildman–Crippen MR) is 157 cm³/mol. The van der Waals surface area contributed by atoms with Crippen LogP contribution in [-0.4, -0.2) is 73.4 Å². The van der Waals surface area contributed by atoms with Crippen molar-refractivity contribution in [2.24, 2.45) is 34.0 Å². The first-order valence-corrected chi connectivity index (χ1v) is 15.1. The van der Waals surface area contributed by atoms with Crippen LogP contribution >= 0.6 is 0 Å². The molecule has 2 N–H and O–H groups in total. The molecule has 4 aliphatic rings. The third kappa shape index (κ3) is 4.87. The van der Waals surface area contributed by atoms with Crippen molar-refractivity contribution < 1.29 is 33.8 Å². The summed E-state index contributed by atoms with van der Waals surface area (Å²) in [6, 6.07) is 5.35. The molecule has 0 aromatic heterocycles. The van der Waals surface area contributed by atoms with E-state index in [1.807, 2.05) is 32.0 Å². The molecule has 41 heavy (non-hydrogen) atoms. The fraction of sp³-hybridized carbons (Fsp3) is 0.688.